The van der Waals surface area contributed by atoms with E-state index in [1.54, 1.807) is 0 Å². The maximum atomic E-state index is 12.3. The van der Waals surface area contributed by atoms with Crippen LogP contribution in [0.2, 0.25) is 0 Å². The lowest BCUT2D eigenvalue weighted by molar-refractivity contribution is 0.411. The molecule has 0 aliphatic heterocycles. The van der Waals surface area contributed by atoms with Gasteiger partial charge in [0.1, 0.15) is 0 Å². The van der Waals surface area contributed by atoms with Crippen LogP contribution < -0.4 is 4.72 Å². The van der Waals surface area contributed by atoms with Crippen LogP contribution in [0.4, 0.5) is 0 Å². The molecule has 3 unspecified atom stereocenters. The third-order valence-electron chi connectivity index (χ3n) is 3.44. The minimum atomic E-state index is -1.01. The maximum absolute atomic E-state index is 12.3. The van der Waals surface area contributed by atoms with Crippen LogP contribution in [-0.4, -0.2) is 15.0 Å². The predicted molar refractivity (Wildman–Crippen MR) is 84.4 cm³/mol. The van der Waals surface area contributed by atoms with Crippen molar-refractivity contribution in [2.24, 2.45) is 5.92 Å². The topological polar surface area (TPSA) is 29.1 Å². The normalized spacial score (nSPS) is 16.9. The van der Waals surface area contributed by atoms with Crippen molar-refractivity contribution >= 4 is 11.0 Å². The van der Waals surface area contributed by atoms with Crippen LogP contribution in [0.5, 0.6) is 0 Å². The molecule has 0 amide bonds. The van der Waals surface area contributed by atoms with Crippen LogP contribution in [-0.2, 0) is 17.4 Å². The molecular weight excluding hydrogens is 254 g/mol. The second-order valence-electron chi connectivity index (χ2n) is 6.18. The summed E-state index contributed by atoms with van der Waals surface area (Å²) < 4.78 is 15.4. The maximum Gasteiger partial charge on any atom is 0.0972 e. The van der Waals surface area contributed by atoms with Crippen molar-refractivity contribution < 1.29 is 4.21 Å². The molecule has 1 N–H and O–H groups in total. The van der Waals surface area contributed by atoms with Gasteiger partial charge in [0, 0.05) is 6.04 Å². The first-order chi connectivity index (χ1) is 8.84. The van der Waals surface area contributed by atoms with Gasteiger partial charge in [-0.2, -0.15) is 0 Å². The molecule has 0 saturated heterocycles. The summed E-state index contributed by atoms with van der Waals surface area (Å²) in [4.78, 5) is 0. The standard InChI is InChI=1S/C16H27NOS/c1-6-13(2)15(17-19(18)16(3,4)5)12-14-10-8-7-9-11-14/h7-11,13,15,17H,6,12H2,1-5H3. The zero-order valence-corrected chi connectivity index (χ0v) is 13.6. The Morgan fingerprint density at radius 2 is 1.79 bits per heavy atom. The van der Waals surface area contributed by atoms with E-state index in [4.69, 9.17) is 0 Å². The summed E-state index contributed by atoms with van der Waals surface area (Å²) in [5.74, 6) is 0.506. The Kier molecular flexibility index (Phi) is 6.21. The lowest BCUT2D eigenvalue weighted by atomic mass is 9.94. The molecule has 0 aromatic heterocycles. The average molecular weight is 281 g/mol. The molecule has 1 aromatic carbocycles. The molecule has 0 spiro atoms. The zero-order valence-electron chi connectivity index (χ0n) is 12.8. The van der Waals surface area contributed by atoms with Crippen LogP contribution in [0, 0.1) is 5.92 Å². The van der Waals surface area contributed by atoms with Crippen molar-refractivity contribution in [2.75, 3.05) is 0 Å². The van der Waals surface area contributed by atoms with Gasteiger partial charge in [-0.3, -0.25) is 0 Å². The molecule has 0 radical (unpaired) electrons. The molecule has 0 saturated carbocycles. The first-order valence-corrected chi connectivity index (χ1v) is 8.21. The number of hydrogen-bond acceptors (Lipinski definition) is 1. The molecule has 108 valence electrons. The highest BCUT2D eigenvalue weighted by Gasteiger charge is 2.25. The highest BCUT2D eigenvalue weighted by Crippen LogP contribution is 2.17. The van der Waals surface area contributed by atoms with E-state index in [1.807, 2.05) is 26.8 Å². The van der Waals surface area contributed by atoms with Crippen LogP contribution in [0.15, 0.2) is 30.3 Å². The van der Waals surface area contributed by atoms with Crippen LogP contribution in [0.3, 0.4) is 0 Å². The van der Waals surface area contributed by atoms with E-state index >= 15 is 0 Å². The van der Waals surface area contributed by atoms with Gasteiger partial charge in [0.2, 0.25) is 0 Å². The van der Waals surface area contributed by atoms with Crippen LogP contribution in [0.1, 0.15) is 46.6 Å². The van der Waals surface area contributed by atoms with Gasteiger partial charge in [0.15, 0.2) is 0 Å². The predicted octanol–water partition coefficient (Wildman–Crippen LogP) is 3.70. The van der Waals surface area contributed by atoms with Gasteiger partial charge in [0.05, 0.1) is 15.7 Å². The Morgan fingerprint density at radius 3 is 2.26 bits per heavy atom. The van der Waals surface area contributed by atoms with Gasteiger partial charge < -0.3 is 0 Å². The number of benzene rings is 1. The summed E-state index contributed by atoms with van der Waals surface area (Å²) in [6, 6.07) is 10.7. The Morgan fingerprint density at radius 1 is 1.21 bits per heavy atom. The van der Waals surface area contributed by atoms with Crippen molar-refractivity contribution in [3.8, 4) is 0 Å². The van der Waals surface area contributed by atoms with Gasteiger partial charge in [-0.05, 0) is 38.7 Å². The number of hydrogen-bond donors (Lipinski definition) is 1. The van der Waals surface area contributed by atoms with Crippen LogP contribution >= 0.6 is 0 Å². The highest BCUT2D eigenvalue weighted by molar-refractivity contribution is 7.84. The van der Waals surface area contributed by atoms with Crippen molar-refractivity contribution in [1.29, 1.82) is 0 Å². The number of nitrogens with one attached hydrogen (secondary N) is 1. The van der Waals surface area contributed by atoms with E-state index in [0.29, 0.717) is 5.92 Å². The van der Waals surface area contributed by atoms with E-state index in [1.165, 1.54) is 5.56 Å². The minimum Gasteiger partial charge on any atom is -0.242 e. The van der Waals surface area contributed by atoms with E-state index in [2.05, 4.69) is 42.8 Å². The molecule has 0 aliphatic carbocycles. The summed E-state index contributed by atoms with van der Waals surface area (Å²) in [5, 5.41) is 0. The molecule has 19 heavy (non-hydrogen) atoms. The largest absolute Gasteiger partial charge is 0.242 e. The SMILES string of the molecule is CCC(C)C(Cc1ccccc1)NS(=O)C(C)(C)C. The summed E-state index contributed by atoms with van der Waals surface area (Å²) in [6.07, 6.45) is 2.02. The van der Waals surface area contributed by atoms with Gasteiger partial charge >= 0.3 is 0 Å². The van der Waals surface area contributed by atoms with E-state index in [-0.39, 0.29) is 10.8 Å². The lowest BCUT2D eigenvalue weighted by Crippen LogP contribution is -2.44. The molecule has 0 fully saturated rings. The molecule has 2 nitrogen and oxygen atoms in total. The van der Waals surface area contributed by atoms with Gasteiger partial charge in [0.25, 0.3) is 0 Å². The Bertz CT molecular complexity index is 397. The summed E-state index contributed by atoms with van der Waals surface area (Å²) in [6.45, 7) is 10.4. The van der Waals surface area contributed by atoms with Gasteiger partial charge in [-0.1, -0.05) is 50.6 Å². The molecular formula is C16H27NOS. The third kappa shape index (κ3) is 5.45. The molecule has 0 heterocycles. The molecule has 0 aliphatic rings. The van der Waals surface area contributed by atoms with Gasteiger partial charge in [-0.15, -0.1) is 0 Å². The molecule has 3 heteroatoms. The Hall–Kier alpha value is -0.670. The summed E-state index contributed by atoms with van der Waals surface area (Å²) in [7, 11) is -1.01. The first kappa shape index (κ1) is 16.4. The van der Waals surface area contributed by atoms with Crippen molar-refractivity contribution in [1.82, 2.24) is 4.72 Å². The smallest absolute Gasteiger partial charge is 0.0972 e. The van der Waals surface area contributed by atoms with Crippen LogP contribution in [0.25, 0.3) is 0 Å². The monoisotopic (exact) mass is 281 g/mol. The zero-order chi connectivity index (χ0) is 14.5. The average Bonchev–Trinajstić information content (AvgIpc) is 2.37. The number of rotatable bonds is 6. The fourth-order valence-corrected chi connectivity index (χ4v) is 2.77. The van der Waals surface area contributed by atoms with Crippen molar-refractivity contribution in [2.45, 2.75) is 58.2 Å². The molecule has 0 bridgehead atoms. The Labute approximate surface area is 120 Å². The summed E-state index contributed by atoms with van der Waals surface area (Å²) in [5.41, 5.74) is 1.30. The van der Waals surface area contributed by atoms with Gasteiger partial charge in [-0.25, -0.2) is 8.93 Å². The second-order valence-corrected chi connectivity index (χ2v) is 8.18. The molecule has 3 atom stereocenters. The van der Waals surface area contributed by atoms with Crippen molar-refractivity contribution in [3.05, 3.63) is 35.9 Å². The summed E-state index contributed by atoms with van der Waals surface area (Å²) >= 11 is 0. The lowest BCUT2D eigenvalue weighted by Gasteiger charge is -2.28. The third-order valence-corrected chi connectivity index (χ3v) is 5.07. The Balaban J connectivity index is 2.76. The van der Waals surface area contributed by atoms with Crippen molar-refractivity contribution in [3.63, 3.8) is 0 Å². The fourth-order valence-electron chi connectivity index (χ4n) is 1.83. The highest BCUT2D eigenvalue weighted by atomic mass is 32.2. The molecule has 1 aromatic rings. The second kappa shape index (κ2) is 7.20. The molecule has 1 rings (SSSR count). The quantitative estimate of drug-likeness (QED) is 0.846. The minimum absolute atomic E-state index is 0.220. The van der Waals surface area contributed by atoms with E-state index in [0.717, 1.165) is 12.8 Å². The first-order valence-electron chi connectivity index (χ1n) is 7.06. The van der Waals surface area contributed by atoms with E-state index < -0.39 is 11.0 Å². The van der Waals surface area contributed by atoms with E-state index in [9.17, 15) is 4.21 Å². The fraction of sp³-hybridized carbons (Fsp3) is 0.625.